The number of nitrogens with one attached hydrogen (secondary N) is 2. The summed E-state index contributed by atoms with van der Waals surface area (Å²) in [5, 5.41) is 3.31. The van der Waals surface area contributed by atoms with Gasteiger partial charge in [-0.25, -0.2) is 8.42 Å². The van der Waals surface area contributed by atoms with Crippen LogP contribution in [-0.4, -0.2) is 14.2 Å². The van der Waals surface area contributed by atoms with Gasteiger partial charge in [-0.05, 0) is 55.0 Å². The van der Waals surface area contributed by atoms with Gasteiger partial charge in [-0.1, -0.05) is 37.3 Å². The maximum absolute atomic E-state index is 11.9. The van der Waals surface area contributed by atoms with E-state index in [0.717, 1.165) is 17.1 Å². The van der Waals surface area contributed by atoms with E-state index < -0.39 is 10.0 Å². The maximum atomic E-state index is 11.9. The van der Waals surface area contributed by atoms with E-state index in [-0.39, 0.29) is 5.75 Å². The minimum absolute atomic E-state index is 0.108. The number of rotatable bonds is 8. The van der Waals surface area contributed by atoms with Crippen LogP contribution < -0.4 is 14.8 Å². The molecule has 0 saturated carbocycles. The highest BCUT2D eigenvalue weighted by atomic mass is 32.2. The molecule has 27 heavy (non-hydrogen) atoms. The van der Waals surface area contributed by atoms with Crippen molar-refractivity contribution in [2.24, 2.45) is 0 Å². The summed E-state index contributed by atoms with van der Waals surface area (Å²) in [5.41, 5.74) is 2.20. The van der Waals surface area contributed by atoms with Crippen LogP contribution in [0.25, 0.3) is 0 Å². The number of sulfonamides is 1. The summed E-state index contributed by atoms with van der Waals surface area (Å²) in [7, 11) is -3.29. The van der Waals surface area contributed by atoms with Gasteiger partial charge in [0.2, 0.25) is 10.0 Å². The monoisotopic (exact) mass is 382 g/mol. The van der Waals surface area contributed by atoms with Crippen LogP contribution in [0.4, 0.5) is 17.1 Å². The second-order valence-corrected chi connectivity index (χ2v) is 7.88. The smallest absolute Gasteiger partial charge is 0.232 e. The summed E-state index contributed by atoms with van der Waals surface area (Å²) in [6, 6.07) is 24.3. The number of hydrogen-bond acceptors (Lipinski definition) is 4. The standard InChI is InChI=1S/C21H22N2O3S/c1-2-16-27(24,25)23-18-14-12-17(13-15-18)22-20-10-6-7-11-21(20)26-19-8-4-3-5-9-19/h3-15,22-23H,2,16H2,1H3. The topological polar surface area (TPSA) is 67.4 Å². The van der Waals surface area contributed by atoms with Crippen molar-refractivity contribution < 1.29 is 13.2 Å². The largest absolute Gasteiger partial charge is 0.455 e. The minimum atomic E-state index is -3.29. The molecule has 0 atom stereocenters. The fourth-order valence-corrected chi connectivity index (χ4v) is 3.69. The molecule has 0 aromatic heterocycles. The summed E-state index contributed by atoms with van der Waals surface area (Å²) in [5.74, 6) is 1.57. The zero-order valence-electron chi connectivity index (χ0n) is 15.1. The Hall–Kier alpha value is -2.99. The molecule has 0 aliphatic carbocycles. The van der Waals surface area contributed by atoms with Crippen molar-refractivity contribution in [3.63, 3.8) is 0 Å². The molecule has 3 aromatic rings. The lowest BCUT2D eigenvalue weighted by atomic mass is 10.2. The molecular weight excluding hydrogens is 360 g/mol. The molecule has 0 aliphatic rings. The summed E-state index contributed by atoms with van der Waals surface area (Å²) in [6.45, 7) is 1.83. The Labute approximate surface area is 160 Å². The molecule has 5 nitrogen and oxygen atoms in total. The van der Waals surface area contributed by atoms with Gasteiger partial charge in [0.1, 0.15) is 5.75 Å². The van der Waals surface area contributed by atoms with Crippen molar-refractivity contribution >= 4 is 27.1 Å². The Balaban J connectivity index is 1.72. The fraction of sp³-hybridized carbons (Fsp3) is 0.143. The van der Waals surface area contributed by atoms with Gasteiger partial charge in [0.15, 0.2) is 5.75 Å². The zero-order valence-corrected chi connectivity index (χ0v) is 15.9. The predicted molar refractivity (Wildman–Crippen MR) is 110 cm³/mol. The van der Waals surface area contributed by atoms with E-state index in [0.29, 0.717) is 17.9 Å². The molecule has 0 spiro atoms. The molecular formula is C21H22N2O3S. The molecule has 0 heterocycles. The van der Waals surface area contributed by atoms with Crippen LogP contribution in [0.15, 0.2) is 78.9 Å². The highest BCUT2D eigenvalue weighted by molar-refractivity contribution is 7.92. The average molecular weight is 382 g/mol. The van der Waals surface area contributed by atoms with E-state index in [1.807, 2.05) is 73.7 Å². The highest BCUT2D eigenvalue weighted by Gasteiger charge is 2.09. The van der Waals surface area contributed by atoms with Gasteiger partial charge < -0.3 is 10.1 Å². The summed E-state index contributed by atoms with van der Waals surface area (Å²) < 4.78 is 32.2. The van der Waals surface area contributed by atoms with Gasteiger partial charge in [0.05, 0.1) is 11.4 Å². The van der Waals surface area contributed by atoms with E-state index in [9.17, 15) is 8.42 Å². The Morgan fingerprint density at radius 1 is 0.815 bits per heavy atom. The second kappa shape index (κ2) is 8.60. The van der Waals surface area contributed by atoms with Gasteiger partial charge in [-0.2, -0.15) is 0 Å². The number of hydrogen-bond donors (Lipinski definition) is 2. The number of ether oxygens (including phenoxy) is 1. The van der Waals surface area contributed by atoms with Crippen molar-refractivity contribution in [3.05, 3.63) is 78.9 Å². The Kier molecular flexibility index (Phi) is 5.98. The summed E-state index contributed by atoms with van der Waals surface area (Å²) in [6.07, 6.45) is 0.577. The second-order valence-electron chi connectivity index (χ2n) is 6.03. The first-order chi connectivity index (χ1) is 13.1. The molecule has 3 rings (SSSR count). The quantitative estimate of drug-likeness (QED) is 0.549. The Morgan fingerprint density at radius 3 is 2.15 bits per heavy atom. The minimum Gasteiger partial charge on any atom is -0.455 e. The van der Waals surface area contributed by atoms with Crippen LogP contribution in [0, 0.1) is 0 Å². The van der Waals surface area contributed by atoms with Crippen LogP contribution in [0.3, 0.4) is 0 Å². The normalized spacial score (nSPS) is 11.0. The van der Waals surface area contributed by atoms with E-state index >= 15 is 0 Å². The Morgan fingerprint density at radius 2 is 1.44 bits per heavy atom. The van der Waals surface area contributed by atoms with E-state index in [4.69, 9.17) is 4.74 Å². The molecule has 0 radical (unpaired) electrons. The molecule has 0 saturated heterocycles. The fourth-order valence-electron chi connectivity index (χ4n) is 2.55. The average Bonchev–Trinajstić information content (AvgIpc) is 2.65. The van der Waals surface area contributed by atoms with Crippen molar-refractivity contribution in [3.8, 4) is 11.5 Å². The molecule has 0 aliphatic heterocycles. The molecule has 0 bridgehead atoms. The zero-order chi connectivity index (χ0) is 19.1. The van der Waals surface area contributed by atoms with E-state index in [1.54, 1.807) is 12.1 Å². The lowest BCUT2D eigenvalue weighted by molar-refractivity contribution is 0.485. The van der Waals surface area contributed by atoms with Gasteiger partial charge >= 0.3 is 0 Å². The van der Waals surface area contributed by atoms with Crippen LogP contribution in [0.2, 0.25) is 0 Å². The first-order valence-electron chi connectivity index (χ1n) is 8.75. The Bertz CT molecular complexity index is 972. The predicted octanol–water partition coefficient (Wildman–Crippen LogP) is 5.37. The van der Waals surface area contributed by atoms with Crippen molar-refractivity contribution in [2.75, 3.05) is 15.8 Å². The highest BCUT2D eigenvalue weighted by Crippen LogP contribution is 2.31. The molecule has 6 heteroatoms. The number of para-hydroxylation sites is 3. The van der Waals surface area contributed by atoms with Gasteiger partial charge in [-0.3, -0.25) is 4.72 Å². The first-order valence-corrected chi connectivity index (χ1v) is 10.4. The molecule has 0 fully saturated rings. The lowest BCUT2D eigenvalue weighted by Crippen LogP contribution is -2.15. The molecule has 0 unspecified atom stereocenters. The van der Waals surface area contributed by atoms with E-state index in [2.05, 4.69) is 10.0 Å². The van der Waals surface area contributed by atoms with Gasteiger partial charge in [-0.15, -0.1) is 0 Å². The van der Waals surface area contributed by atoms with Gasteiger partial charge in [0, 0.05) is 11.4 Å². The third kappa shape index (κ3) is 5.49. The van der Waals surface area contributed by atoms with Crippen molar-refractivity contribution in [1.29, 1.82) is 0 Å². The van der Waals surface area contributed by atoms with Crippen molar-refractivity contribution in [2.45, 2.75) is 13.3 Å². The number of benzene rings is 3. The summed E-state index contributed by atoms with van der Waals surface area (Å²) in [4.78, 5) is 0. The first kappa shape index (κ1) is 18.8. The van der Waals surface area contributed by atoms with Crippen LogP contribution in [-0.2, 0) is 10.0 Å². The van der Waals surface area contributed by atoms with Gasteiger partial charge in [0.25, 0.3) is 0 Å². The van der Waals surface area contributed by atoms with Crippen LogP contribution in [0.5, 0.6) is 11.5 Å². The lowest BCUT2D eigenvalue weighted by Gasteiger charge is -2.13. The summed E-state index contributed by atoms with van der Waals surface area (Å²) >= 11 is 0. The van der Waals surface area contributed by atoms with Crippen LogP contribution in [0.1, 0.15) is 13.3 Å². The third-order valence-electron chi connectivity index (χ3n) is 3.77. The van der Waals surface area contributed by atoms with Crippen molar-refractivity contribution in [1.82, 2.24) is 0 Å². The SMILES string of the molecule is CCCS(=O)(=O)Nc1ccc(Nc2ccccc2Oc2ccccc2)cc1. The maximum Gasteiger partial charge on any atom is 0.232 e. The number of anilines is 3. The molecule has 2 N–H and O–H groups in total. The van der Waals surface area contributed by atoms with E-state index in [1.165, 1.54) is 0 Å². The van der Waals surface area contributed by atoms with Crippen LogP contribution >= 0.6 is 0 Å². The third-order valence-corrected chi connectivity index (χ3v) is 5.26. The molecule has 140 valence electrons. The molecule has 3 aromatic carbocycles. The molecule has 0 amide bonds.